The van der Waals surface area contributed by atoms with Gasteiger partial charge in [0.1, 0.15) is 18.6 Å². The zero-order valence-electron chi connectivity index (χ0n) is 17.6. The maximum atomic E-state index is 12.8. The van der Waals surface area contributed by atoms with E-state index in [4.69, 9.17) is 9.84 Å². The predicted molar refractivity (Wildman–Crippen MR) is 117 cm³/mol. The number of aromatic nitrogens is 4. The number of nitrogens with zero attached hydrogens (tertiary/aromatic N) is 4. The second kappa shape index (κ2) is 9.49. The number of aryl methyl sites for hydroxylation is 1. The molecule has 1 aliphatic carbocycles. The fourth-order valence-corrected chi connectivity index (χ4v) is 4.43. The van der Waals surface area contributed by atoms with Crippen molar-refractivity contribution in [2.45, 2.75) is 38.5 Å². The van der Waals surface area contributed by atoms with Gasteiger partial charge in [-0.25, -0.2) is 4.79 Å². The molecule has 1 aliphatic rings. The minimum atomic E-state index is -0.628. The molecule has 0 bridgehead atoms. The van der Waals surface area contributed by atoms with Crippen LogP contribution in [0.1, 0.15) is 25.7 Å². The van der Waals surface area contributed by atoms with Crippen molar-refractivity contribution < 1.29 is 14.9 Å². The number of ether oxygens (including phenoxy) is 1. The van der Waals surface area contributed by atoms with Crippen LogP contribution in [0.3, 0.4) is 0 Å². The van der Waals surface area contributed by atoms with Crippen LogP contribution in [0.15, 0.2) is 41.5 Å². The standard InChI is InChI=1S/C22H29N5O4/c1-26-19-7-6-18(31-11-10-28)12-20(19)27(22(26)30)14-15-2-4-16(5-3-15)21(29)25-17-8-9-23-24-13-17/h6-9,12-13,15-16,21,28-29H,2-5,10-11,14H2,1H3,(H,23,25). The Bertz CT molecular complexity index is 1060. The second-order valence-electron chi connectivity index (χ2n) is 8.18. The lowest BCUT2D eigenvalue weighted by atomic mass is 9.81. The Morgan fingerprint density at radius 1 is 1.19 bits per heavy atom. The number of benzene rings is 1. The number of anilines is 1. The molecule has 1 fully saturated rings. The quantitative estimate of drug-likeness (QED) is 0.469. The molecule has 9 heteroatoms. The first-order valence-corrected chi connectivity index (χ1v) is 10.7. The summed E-state index contributed by atoms with van der Waals surface area (Å²) >= 11 is 0. The van der Waals surface area contributed by atoms with Crippen molar-refractivity contribution in [3.8, 4) is 5.75 Å². The molecule has 2 aromatic heterocycles. The van der Waals surface area contributed by atoms with Gasteiger partial charge < -0.3 is 20.3 Å². The van der Waals surface area contributed by atoms with Gasteiger partial charge in [0.15, 0.2) is 0 Å². The van der Waals surface area contributed by atoms with Crippen LogP contribution >= 0.6 is 0 Å². The molecule has 4 rings (SSSR count). The van der Waals surface area contributed by atoms with Gasteiger partial charge in [0, 0.05) is 25.6 Å². The normalized spacial score (nSPS) is 20.0. The topological polar surface area (TPSA) is 114 Å². The fraction of sp³-hybridized carbons (Fsp3) is 0.500. The van der Waals surface area contributed by atoms with Crippen LogP contribution in [0.4, 0.5) is 5.69 Å². The molecule has 0 amide bonds. The van der Waals surface area contributed by atoms with E-state index in [0.717, 1.165) is 42.4 Å². The number of hydrogen-bond acceptors (Lipinski definition) is 7. The highest BCUT2D eigenvalue weighted by atomic mass is 16.5. The SMILES string of the molecule is Cn1c(=O)n(CC2CCC(C(O)Nc3ccnnc3)CC2)c2cc(OCCO)ccc21. The Morgan fingerprint density at radius 3 is 2.71 bits per heavy atom. The number of imidazole rings is 1. The van der Waals surface area contributed by atoms with Gasteiger partial charge in [-0.1, -0.05) is 0 Å². The minimum Gasteiger partial charge on any atom is -0.491 e. The third-order valence-electron chi connectivity index (χ3n) is 6.15. The largest absolute Gasteiger partial charge is 0.491 e. The van der Waals surface area contributed by atoms with Crippen molar-refractivity contribution in [3.63, 3.8) is 0 Å². The molecule has 1 saturated carbocycles. The van der Waals surface area contributed by atoms with Gasteiger partial charge in [-0.2, -0.15) is 10.2 Å². The Labute approximate surface area is 180 Å². The van der Waals surface area contributed by atoms with Crippen molar-refractivity contribution in [2.24, 2.45) is 18.9 Å². The third kappa shape index (κ3) is 4.72. The summed E-state index contributed by atoms with van der Waals surface area (Å²) in [6.07, 6.45) is 6.23. The number of aliphatic hydroxyl groups is 2. The van der Waals surface area contributed by atoms with Crippen LogP contribution in [0.5, 0.6) is 5.75 Å². The van der Waals surface area contributed by atoms with E-state index in [1.54, 1.807) is 30.1 Å². The van der Waals surface area contributed by atoms with Crippen molar-refractivity contribution in [1.82, 2.24) is 19.3 Å². The lowest BCUT2D eigenvalue weighted by Crippen LogP contribution is -2.33. The molecule has 3 aromatic rings. The van der Waals surface area contributed by atoms with E-state index >= 15 is 0 Å². The number of fused-ring (bicyclic) bond motifs is 1. The van der Waals surface area contributed by atoms with Gasteiger partial charge in [-0.05, 0) is 49.8 Å². The van der Waals surface area contributed by atoms with E-state index in [2.05, 4.69) is 15.5 Å². The van der Waals surface area contributed by atoms with E-state index in [-0.39, 0.29) is 24.8 Å². The Kier molecular flexibility index (Phi) is 6.53. The molecule has 1 aromatic carbocycles. The fourth-order valence-electron chi connectivity index (χ4n) is 4.43. The first-order valence-electron chi connectivity index (χ1n) is 10.7. The molecule has 31 heavy (non-hydrogen) atoms. The summed E-state index contributed by atoms with van der Waals surface area (Å²) in [4.78, 5) is 12.8. The first-order chi connectivity index (χ1) is 15.1. The van der Waals surface area contributed by atoms with Crippen molar-refractivity contribution in [1.29, 1.82) is 0 Å². The molecule has 0 saturated heterocycles. The summed E-state index contributed by atoms with van der Waals surface area (Å²) in [6, 6.07) is 7.36. The summed E-state index contributed by atoms with van der Waals surface area (Å²) in [7, 11) is 1.78. The zero-order valence-corrected chi connectivity index (χ0v) is 17.6. The molecule has 0 spiro atoms. The van der Waals surface area contributed by atoms with Gasteiger partial charge in [0.2, 0.25) is 0 Å². The van der Waals surface area contributed by atoms with Crippen LogP contribution in [-0.2, 0) is 13.6 Å². The molecule has 166 valence electrons. The number of nitrogens with one attached hydrogen (secondary N) is 1. The van der Waals surface area contributed by atoms with E-state index in [0.29, 0.717) is 18.2 Å². The van der Waals surface area contributed by atoms with Gasteiger partial charge in [0.05, 0.1) is 35.7 Å². The maximum absolute atomic E-state index is 12.8. The summed E-state index contributed by atoms with van der Waals surface area (Å²) in [5, 5.41) is 30.2. The number of aliphatic hydroxyl groups excluding tert-OH is 2. The first kappa shape index (κ1) is 21.3. The van der Waals surface area contributed by atoms with Gasteiger partial charge >= 0.3 is 5.69 Å². The molecule has 3 N–H and O–H groups in total. The highest BCUT2D eigenvalue weighted by Crippen LogP contribution is 2.33. The molecule has 2 heterocycles. The third-order valence-corrected chi connectivity index (χ3v) is 6.15. The summed E-state index contributed by atoms with van der Waals surface area (Å²) in [5.74, 6) is 1.17. The van der Waals surface area contributed by atoms with Gasteiger partial charge in [-0.3, -0.25) is 9.13 Å². The molecular weight excluding hydrogens is 398 g/mol. The summed E-state index contributed by atoms with van der Waals surface area (Å²) in [6.45, 7) is 0.809. The monoisotopic (exact) mass is 427 g/mol. The zero-order chi connectivity index (χ0) is 21.8. The van der Waals surface area contributed by atoms with Crippen molar-refractivity contribution >= 4 is 16.7 Å². The second-order valence-corrected chi connectivity index (χ2v) is 8.18. The summed E-state index contributed by atoms with van der Waals surface area (Å²) < 4.78 is 9.01. The van der Waals surface area contributed by atoms with E-state index < -0.39 is 6.23 Å². The smallest absolute Gasteiger partial charge is 0.328 e. The Hall–Kier alpha value is -2.91. The molecule has 1 atom stereocenters. The van der Waals surface area contributed by atoms with E-state index in [9.17, 15) is 9.90 Å². The van der Waals surface area contributed by atoms with Crippen LogP contribution in [0.25, 0.3) is 11.0 Å². The van der Waals surface area contributed by atoms with Crippen LogP contribution < -0.4 is 15.7 Å². The lowest BCUT2D eigenvalue weighted by Gasteiger charge is -2.32. The maximum Gasteiger partial charge on any atom is 0.328 e. The van der Waals surface area contributed by atoms with Crippen molar-refractivity contribution in [3.05, 3.63) is 47.1 Å². The summed E-state index contributed by atoms with van der Waals surface area (Å²) in [5.41, 5.74) is 2.42. The molecule has 1 unspecified atom stereocenters. The molecule has 0 aliphatic heterocycles. The lowest BCUT2D eigenvalue weighted by molar-refractivity contribution is 0.0925. The van der Waals surface area contributed by atoms with Gasteiger partial charge in [0.25, 0.3) is 0 Å². The van der Waals surface area contributed by atoms with E-state index in [1.165, 1.54) is 0 Å². The van der Waals surface area contributed by atoms with Crippen LogP contribution in [0, 0.1) is 11.8 Å². The highest BCUT2D eigenvalue weighted by Gasteiger charge is 2.27. The number of hydrogen-bond donors (Lipinski definition) is 3. The van der Waals surface area contributed by atoms with Crippen LogP contribution in [0.2, 0.25) is 0 Å². The van der Waals surface area contributed by atoms with Gasteiger partial charge in [-0.15, -0.1) is 0 Å². The minimum absolute atomic E-state index is 0.0386. The average Bonchev–Trinajstić information content (AvgIpc) is 3.03. The molecule has 0 radical (unpaired) electrons. The highest BCUT2D eigenvalue weighted by molar-refractivity contribution is 5.77. The van der Waals surface area contributed by atoms with Crippen LogP contribution in [-0.4, -0.2) is 49.0 Å². The number of rotatable bonds is 8. The Balaban J connectivity index is 1.42. The molecular formula is C22H29N5O4. The predicted octanol–water partition coefficient (Wildman–Crippen LogP) is 1.74. The van der Waals surface area contributed by atoms with Crippen molar-refractivity contribution in [2.75, 3.05) is 18.5 Å². The van der Waals surface area contributed by atoms with E-state index in [1.807, 2.05) is 22.8 Å². The molecule has 9 nitrogen and oxygen atoms in total. The Morgan fingerprint density at radius 2 is 2.00 bits per heavy atom. The average molecular weight is 428 g/mol.